The van der Waals surface area contributed by atoms with Gasteiger partial charge in [0.15, 0.2) is 0 Å². The first-order chi connectivity index (χ1) is 13.7. The van der Waals surface area contributed by atoms with E-state index in [4.69, 9.17) is 4.74 Å². The number of piperidine rings is 1. The van der Waals surface area contributed by atoms with Crippen molar-refractivity contribution in [3.63, 3.8) is 0 Å². The maximum absolute atomic E-state index is 10.1. The Kier molecular flexibility index (Phi) is 5.47. The monoisotopic (exact) mass is 373 g/mol. The third-order valence-electron chi connectivity index (χ3n) is 5.83. The number of ether oxygens (including phenoxy) is 1. The third kappa shape index (κ3) is 3.32. The Morgan fingerprint density at radius 3 is 1.68 bits per heavy atom. The van der Waals surface area contributed by atoms with E-state index in [0.717, 1.165) is 31.7 Å². The molecule has 3 aromatic carbocycles. The first kappa shape index (κ1) is 18.7. The molecule has 144 valence electrons. The molecule has 0 atom stereocenters. The van der Waals surface area contributed by atoms with Gasteiger partial charge in [-0.05, 0) is 41.7 Å². The van der Waals surface area contributed by atoms with E-state index in [1.807, 2.05) is 12.1 Å². The van der Waals surface area contributed by atoms with Crippen LogP contribution in [0.1, 0.15) is 29.5 Å². The van der Waals surface area contributed by atoms with E-state index in [1.54, 1.807) is 7.11 Å². The number of likely N-dealkylation sites (tertiary alicyclic amines) is 1. The largest absolute Gasteiger partial charge is 0.497 e. The van der Waals surface area contributed by atoms with Gasteiger partial charge in [0.1, 0.15) is 5.75 Å². The number of nitrogens with zero attached hydrogens (tertiary/aromatic N) is 1. The Morgan fingerprint density at radius 2 is 1.21 bits per heavy atom. The predicted octanol–water partition coefficient (Wildman–Crippen LogP) is 4.44. The van der Waals surface area contributed by atoms with Gasteiger partial charge >= 0.3 is 0 Å². The Bertz CT molecular complexity index is 830. The zero-order valence-corrected chi connectivity index (χ0v) is 16.3. The van der Waals surface area contributed by atoms with Gasteiger partial charge < -0.3 is 9.84 Å². The third-order valence-corrected chi connectivity index (χ3v) is 5.83. The number of aliphatic hydroxyl groups is 1. The Morgan fingerprint density at radius 1 is 0.750 bits per heavy atom. The molecule has 0 amide bonds. The summed E-state index contributed by atoms with van der Waals surface area (Å²) in [5.74, 6) is 0.854. The minimum atomic E-state index is -0.408. The lowest BCUT2D eigenvalue weighted by atomic mass is 9.74. The van der Waals surface area contributed by atoms with E-state index in [0.29, 0.717) is 0 Å². The molecule has 1 aliphatic rings. The highest BCUT2D eigenvalue weighted by Gasteiger charge is 2.43. The van der Waals surface area contributed by atoms with Gasteiger partial charge in [-0.2, -0.15) is 0 Å². The van der Waals surface area contributed by atoms with Crippen LogP contribution >= 0.6 is 0 Å². The van der Waals surface area contributed by atoms with Gasteiger partial charge in [0.2, 0.25) is 0 Å². The highest BCUT2D eigenvalue weighted by atomic mass is 16.5. The molecule has 0 bridgehead atoms. The van der Waals surface area contributed by atoms with Crippen LogP contribution < -0.4 is 4.74 Å². The van der Waals surface area contributed by atoms with Gasteiger partial charge in [-0.25, -0.2) is 0 Å². The number of aliphatic hydroxyl groups excluding tert-OH is 1. The van der Waals surface area contributed by atoms with Crippen LogP contribution in [0.4, 0.5) is 0 Å². The fourth-order valence-corrected chi connectivity index (χ4v) is 4.44. The molecular formula is C25H27NO2. The number of rotatable bonds is 5. The number of hydrogen-bond donors (Lipinski definition) is 1. The summed E-state index contributed by atoms with van der Waals surface area (Å²) in [6.07, 6.45) is 1.37. The minimum Gasteiger partial charge on any atom is -0.497 e. The van der Waals surface area contributed by atoms with Crippen LogP contribution in [0.2, 0.25) is 0 Å². The van der Waals surface area contributed by atoms with Gasteiger partial charge in [0, 0.05) is 13.1 Å². The van der Waals surface area contributed by atoms with Gasteiger partial charge in [-0.3, -0.25) is 4.90 Å². The Balaban J connectivity index is 1.96. The topological polar surface area (TPSA) is 32.7 Å². The quantitative estimate of drug-likeness (QED) is 0.671. The number of methoxy groups -OCH3 is 1. The zero-order chi connectivity index (χ0) is 19.4. The first-order valence-electron chi connectivity index (χ1n) is 9.94. The second-order valence-corrected chi connectivity index (χ2v) is 7.39. The van der Waals surface area contributed by atoms with Crippen molar-refractivity contribution >= 4 is 0 Å². The first-order valence-corrected chi connectivity index (χ1v) is 9.94. The molecule has 0 spiro atoms. The highest BCUT2D eigenvalue weighted by molar-refractivity contribution is 5.50. The van der Waals surface area contributed by atoms with Gasteiger partial charge in [-0.15, -0.1) is 0 Å². The second-order valence-electron chi connectivity index (χ2n) is 7.39. The van der Waals surface area contributed by atoms with Crippen molar-refractivity contribution in [2.75, 3.05) is 20.2 Å². The molecule has 28 heavy (non-hydrogen) atoms. The van der Waals surface area contributed by atoms with Gasteiger partial charge in [0.25, 0.3) is 0 Å². The molecule has 0 radical (unpaired) electrons. The summed E-state index contributed by atoms with van der Waals surface area (Å²) in [4.78, 5) is 2.52. The van der Waals surface area contributed by atoms with Crippen LogP contribution in [0.15, 0.2) is 84.9 Å². The van der Waals surface area contributed by atoms with E-state index in [9.17, 15) is 5.11 Å². The molecule has 3 nitrogen and oxygen atoms in total. The lowest BCUT2D eigenvalue weighted by Crippen LogP contribution is -2.52. The summed E-state index contributed by atoms with van der Waals surface area (Å²) >= 11 is 0. The van der Waals surface area contributed by atoms with E-state index < -0.39 is 5.54 Å². The van der Waals surface area contributed by atoms with Gasteiger partial charge in [0.05, 0.1) is 18.8 Å². The molecule has 1 fully saturated rings. The van der Waals surface area contributed by atoms with Crippen molar-refractivity contribution in [1.82, 2.24) is 4.90 Å². The summed E-state index contributed by atoms with van der Waals surface area (Å²) < 4.78 is 5.41. The molecule has 1 N–H and O–H groups in total. The fourth-order valence-electron chi connectivity index (χ4n) is 4.44. The van der Waals surface area contributed by atoms with Crippen molar-refractivity contribution in [2.24, 2.45) is 0 Å². The van der Waals surface area contributed by atoms with E-state index >= 15 is 0 Å². The normalized spacial score (nSPS) is 16.1. The second kappa shape index (κ2) is 8.17. The summed E-state index contributed by atoms with van der Waals surface area (Å²) in [6.45, 7) is 1.69. The standard InChI is InChI=1S/C25H27NO2/c1-28-24-14-12-22(13-15-24)25(20-8-4-2-5-9-20,21-10-6-3-7-11-21)26-18-16-23(27)17-19-26/h2-15,23,27H,16-19H2,1H3. The summed E-state index contributed by atoms with van der Waals surface area (Å²) in [6, 6.07) is 29.8. The van der Waals surface area contributed by atoms with E-state index in [-0.39, 0.29) is 6.10 Å². The van der Waals surface area contributed by atoms with Crippen molar-refractivity contribution < 1.29 is 9.84 Å². The van der Waals surface area contributed by atoms with E-state index in [2.05, 4.69) is 77.7 Å². The maximum atomic E-state index is 10.1. The van der Waals surface area contributed by atoms with Crippen LogP contribution in [0, 0.1) is 0 Å². The molecule has 1 aliphatic heterocycles. The minimum absolute atomic E-state index is 0.212. The molecule has 1 heterocycles. The molecule has 1 saturated heterocycles. The summed E-state index contributed by atoms with van der Waals surface area (Å²) in [5, 5.41) is 10.1. The lowest BCUT2D eigenvalue weighted by Gasteiger charge is -2.48. The molecule has 0 unspecified atom stereocenters. The predicted molar refractivity (Wildman–Crippen MR) is 113 cm³/mol. The van der Waals surface area contributed by atoms with Crippen LogP contribution in [0.3, 0.4) is 0 Å². The zero-order valence-electron chi connectivity index (χ0n) is 16.3. The molecule has 3 aromatic rings. The van der Waals surface area contributed by atoms with Crippen LogP contribution in [-0.4, -0.2) is 36.3 Å². The molecule has 0 aliphatic carbocycles. The molecule has 3 heteroatoms. The SMILES string of the molecule is COc1ccc(C(c2ccccc2)(c2ccccc2)N2CCC(O)CC2)cc1. The summed E-state index contributed by atoms with van der Waals surface area (Å²) in [7, 11) is 1.70. The van der Waals surface area contributed by atoms with Crippen molar-refractivity contribution in [3.05, 3.63) is 102 Å². The van der Waals surface area contributed by atoms with Gasteiger partial charge in [-0.1, -0.05) is 72.8 Å². The molecule has 0 saturated carbocycles. The van der Waals surface area contributed by atoms with E-state index in [1.165, 1.54) is 16.7 Å². The molecule has 0 aromatic heterocycles. The summed E-state index contributed by atoms with van der Waals surface area (Å²) in [5.41, 5.74) is 3.28. The van der Waals surface area contributed by atoms with Crippen molar-refractivity contribution in [2.45, 2.75) is 24.5 Å². The fraction of sp³-hybridized carbons (Fsp3) is 0.280. The average molecular weight is 373 g/mol. The van der Waals surface area contributed by atoms with Crippen molar-refractivity contribution in [1.29, 1.82) is 0 Å². The van der Waals surface area contributed by atoms with Crippen LogP contribution in [0.25, 0.3) is 0 Å². The smallest absolute Gasteiger partial charge is 0.118 e. The van der Waals surface area contributed by atoms with Crippen LogP contribution in [0.5, 0.6) is 5.75 Å². The Labute approximate surface area is 167 Å². The van der Waals surface area contributed by atoms with Crippen molar-refractivity contribution in [3.8, 4) is 5.75 Å². The molecular weight excluding hydrogens is 346 g/mol. The number of hydrogen-bond acceptors (Lipinski definition) is 3. The van der Waals surface area contributed by atoms with Crippen LogP contribution in [-0.2, 0) is 5.54 Å². The maximum Gasteiger partial charge on any atom is 0.118 e. The highest BCUT2D eigenvalue weighted by Crippen LogP contribution is 2.44. The lowest BCUT2D eigenvalue weighted by molar-refractivity contribution is 0.0450. The Hall–Kier alpha value is -2.62. The molecule has 4 rings (SSSR count). The average Bonchev–Trinajstić information content (AvgIpc) is 2.77. The number of benzene rings is 3.